The molecular weight excluding hydrogens is 540 g/mol. The maximum atomic E-state index is 13.9. The average Bonchev–Trinajstić information content (AvgIpc) is 2.94. The maximum absolute atomic E-state index is 13.9. The number of urea groups is 1. The Balaban J connectivity index is 1.76. The molecule has 2 aromatic rings. The third-order valence-corrected chi connectivity index (χ3v) is 9.61. The van der Waals surface area contributed by atoms with Gasteiger partial charge in [0.05, 0.1) is 25.1 Å². The highest BCUT2D eigenvalue weighted by Crippen LogP contribution is 2.26. The summed E-state index contributed by atoms with van der Waals surface area (Å²) in [7, 11) is -1.99. The third-order valence-electron chi connectivity index (χ3n) is 7.59. The minimum atomic E-state index is -3.55. The molecule has 3 amide bonds. The molecule has 0 radical (unpaired) electrons. The van der Waals surface area contributed by atoms with E-state index in [1.165, 1.54) is 4.31 Å². The topological polar surface area (TPSA) is 99.3 Å². The number of nitrogens with one attached hydrogen (secondary N) is 1. The molecule has 1 N–H and O–H groups in total. The van der Waals surface area contributed by atoms with Gasteiger partial charge in [-0.15, -0.1) is 0 Å². The van der Waals surface area contributed by atoms with Crippen LogP contribution in [0.5, 0.6) is 5.75 Å². The molecule has 0 saturated carbocycles. The molecule has 1 saturated heterocycles. The van der Waals surface area contributed by atoms with Crippen molar-refractivity contribution in [3.05, 3.63) is 59.7 Å². The quantitative estimate of drug-likeness (QED) is 0.351. The number of aryl methyl sites for hydroxylation is 1. The number of benzene rings is 2. The minimum absolute atomic E-state index is 0.0237. The SMILES string of the molecule is CCCS(=O)(=O)N(CCC(C)C)CC(=O)N(Cc1ccccc1C)C1CCN(C(=O)Nc2ccccc2OC)CC1. The first-order chi connectivity index (χ1) is 19.6. The number of piperidine rings is 1. The van der Waals surface area contributed by atoms with Gasteiger partial charge in [0.15, 0.2) is 0 Å². The summed E-state index contributed by atoms with van der Waals surface area (Å²) < 4.78 is 32.9. The van der Waals surface area contributed by atoms with Gasteiger partial charge in [0.25, 0.3) is 0 Å². The molecule has 1 heterocycles. The van der Waals surface area contributed by atoms with Crippen molar-refractivity contribution in [2.75, 3.05) is 44.4 Å². The number of sulfonamides is 1. The van der Waals surface area contributed by atoms with Crippen molar-refractivity contribution in [3.8, 4) is 5.75 Å². The van der Waals surface area contributed by atoms with E-state index in [4.69, 9.17) is 4.74 Å². The molecule has 0 atom stereocenters. The summed E-state index contributed by atoms with van der Waals surface area (Å²) in [6.45, 7) is 9.47. The molecule has 0 aromatic heterocycles. The Bertz CT molecular complexity index is 1260. The largest absolute Gasteiger partial charge is 0.495 e. The van der Waals surface area contributed by atoms with Crippen molar-refractivity contribution >= 4 is 27.6 Å². The van der Waals surface area contributed by atoms with Crippen molar-refractivity contribution in [2.24, 2.45) is 5.92 Å². The van der Waals surface area contributed by atoms with Crippen LogP contribution in [0.4, 0.5) is 10.5 Å². The van der Waals surface area contributed by atoms with Gasteiger partial charge in [0.1, 0.15) is 5.75 Å². The monoisotopic (exact) mass is 586 g/mol. The maximum Gasteiger partial charge on any atom is 0.321 e. The van der Waals surface area contributed by atoms with Crippen molar-refractivity contribution < 1.29 is 22.7 Å². The van der Waals surface area contributed by atoms with Crippen molar-refractivity contribution in [2.45, 2.75) is 66.0 Å². The average molecular weight is 587 g/mol. The molecule has 9 nitrogen and oxygen atoms in total. The fourth-order valence-corrected chi connectivity index (χ4v) is 6.53. The number of rotatable bonds is 13. The highest BCUT2D eigenvalue weighted by molar-refractivity contribution is 7.89. The number of methoxy groups -OCH3 is 1. The normalized spacial score (nSPS) is 14.4. The zero-order chi connectivity index (χ0) is 30.0. The minimum Gasteiger partial charge on any atom is -0.495 e. The second kappa shape index (κ2) is 15.2. The van der Waals surface area contributed by atoms with E-state index in [0.29, 0.717) is 69.2 Å². The molecular formula is C31H46N4O5S. The Labute approximate surface area is 245 Å². The van der Waals surface area contributed by atoms with Crippen molar-refractivity contribution in [1.29, 1.82) is 0 Å². The molecule has 0 unspecified atom stereocenters. The summed E-state index contributed by atoms with van der Waals surface area (Å²) in [4.78, 5) is 30.5. The second-order valence-corrected chi connectivity index (χ2v) is 13.2. The summed E-state index contributed by atoms with van der Waals surface area (Å²) in [5.74, 6) is 0.730. The van der Waals surface area contributed by atoms with Gasteiger partial charge in [0.2, 0.25) is 15.9 Å². The number of amides is 3. The van der Waals surface area contributed by atoms with E-state index in [0.717, 1.165) is 11.1 Å². The Morgan fingerprint density at radius 1 is 1.07 bits per heavy atom. The van der Waals surface area contributed by atoms with Gasteiger partial charge in [-0.3, -0.25) is 4.79 Å². The number of carbonyl (C=O) groups is 2. The van der Waals surface area contributed by atoms with Crippen LogP contribution in [-0.4, -0.2) is 79.5 Å². The first-order valence-electron chi connectivity index (χ1n) is 14.6. The number of carbonyl (C=O) groups excluding carboxylic acids is 2. The van der Waals surface area contributed by atoms with E-state index in [-0.39, 0.29) is 30.3 Å². The number of likely N-dealkylation sites (tertiary alicyclic amines) is 1. The summed E-state index contributed by atoms with van der Waals surface area (Å²) in [5, 5.41) is 2.93. The number of nitrogens with zero attached hydrogens (tertiary/aromatic N) is 3. The number of para-hydroxylation sites is 2. The van der Waals surface area contributed by atoms with E-state index in [1.807, 2.05) is 55.1 Å². The van der Waals surface area contributed by atoms with Crippen LogP contribution in [0.2, 0.25) is 0 Å². The summed E-state index contributed by atoms with van der Waals surface area (Å²) in [6.07, 6.45) is 2.39. The van der Waals surface area contributed by atoms with Crippen LogP contribution in [0.25, 0.3) is 0 Å². The van der Waals surface area contributed by atoms with E-state index < -0.39 is 10.0 Å². The number of ether oxygens (including phenoxy) is 1. The molecule has 0 bridgehead atoms. The van der Waals surface area contributed by atoms with Crippen LogP contribution in [0, 0.1) is 12.8 Å². The zero-order valence-electron chi connectivity index (χ0n) is 25.1. The molecule has 0 spiro atoms. The lowest BCUT2D eigenvalue weighted by molar-refractivity contribution is -0.135. The van der Waals surface area contributed by atoms with Crippen LogP contribution < -0.4 is 10.1 Å². The van der Waals surface area contributed by atoms with E-state index in [1.54, 1.807) is 24.1 Å². The van der Waals surface area contributed by atoms with Gasteiger partial charge >= 0.3 is 6.03 Å². The van der Waals surface area contributed by atoms with Crippen LogP contribution in [0.15, 0.2) is 48.5 Å². The fourth-order valence-electron chi connectivity index (χ4n) is 5.06. The van der Waals surface area contributed by atoms with Gasteiger partial charge in [0, 0.05) is 32.2 Å². The Morgan fingerprint density at radius 3 is 2.37 bits per heavy atom. The smallest absolute Gasteiger partial charge is 0.321 e. The van der Waals surface area contributed by atoms with Crippen LogP contribution in [0.3, 0.4) is 0 Å². The molecule has 226 valence electrons. The number of anilines is 1. The van der Waals surface area contributed by atoms with Crippen molar-refractivity contribution in [1.82, 2.24) is 14.1 Å². The lowest BCUT2D eigenvalue weighted by Gasteiger charge is -2.39. The summed E-state index contributed by atoms with van der Waals surface area (Å²) in [5.41, 5.74) is 2.71. The predicted molar refractivity (Wildman–Crippen MR) is 163 cm³/mol. The molecule has 0 aliphatic carbocycles. The highest BCUT2D eigenvalue weighted by Gasteiger charge is 2.33. The molecule has 1 aliphatic heterocycles. The van der Waals surface area contributed by atoms with Crippen molar-refractivity contribution in [3.63, 3.8) is 0 Å². The number of hydrogen-bond acceptors (Lipinski definition) is 5. The van der Waals surface area contributed by atoms with Gasteiger partial charge in [-0.05, 0) is 61.8 Å². The van der Waals surface area contributed by atoms with Gasteiger partial charge in [-0.2, -0.15) is 4.31 Å². The lowest BCUT2D eigenvalue weighted by Crippen LogP contribution is -2.52. The van der Waals surface area contributed by atoms with E-state index in [9.17, 15) is 18.0 Å². The van der Waals surface area contributed by atoms with Gasteiger partial charge < -0.3 is 19.9 Å². The van der Waals surface area contributed by atoms with Crippen LogP contribution in [-0.2, 0) is 21.4 Å². The predicted octanol–water partition coefficient (Wildman–Crippen LogP) is 5.12. The third kappa shape index (κ3) is 9.19. The standard InChI is InChI=1S/C31H46N4O5S/c1-6-21-41(38,39)34(20-15-24(2)3)23-30(36)35(22-26-12-8-7-11-25(26)4)27-16-18-33(19-17-27)31(37)32-28-13-9-10-14-29(28)40-5/h7-14,24,27H,6,15-23H2,1-5H3,(H,32,37). The number of hydrogen-bond donors (Lipinski definition) is 1. The fraction of sp³-hybridized carbons (Fsp3) is 0.548. The highest BCUT2D eigenvalue weighted by atomic mass is 32.2. The van der Waals surface area contributed by atoms with Crippen LogP contribution in [0.1, 0.15) is 57.6 Å². The first-order valence-corrected chi connectivity index (χ1v) is 16.2. The molecule has 10 heteroatoms. The van der Waals surface area contributed by atoms with E-state index in [2.05, 4.69) is 19.2 Å². The second-order valence-electron chi connectivity index (χ2n) is 11.1. The van der Waals surface area contributed by atoms with Gasteiger partial charge in [-0.1, -0.05) is 57.2 Å². The van der Waals surface area contributed by atoms with Crippen LogP contribution >= 0.6 is 0 Å². The lowest BCUT2D eigenvalue weighted by atomic mass is 10.0. The Hall–Kier alpha value is -3.11. The molecule has 2 aromatic carbocycles. The van der Waals surface area contributed by atoms with E-state index >= 15 is 0 Å². The summed E-state index contributed by atoms with van der Waals surface area (Å²) in [6, 6.07) is 14.9. The molecule has 1 aliphatic rings. The Morgan fingerprint density at radius 2 is 1.73 bits per heavy atom. The first kappa shape index (κ1) is 32.4. The summed E-state index contributed by atoms with van der Waals surface area (Å²) >= 11 is 0. The molecule has 41 heavy (non-hydrogen) atoms. The Kier molecular flexibility index (Phi) is 12.0. The molecule has 1 fully saturated rings. The van der Waals surface area contributed by atoms with Gasteiger partial charge in [-0.25, -0.2) is 13.2 Å². The zero-order valence-corrected chi connectivity index (χ0v) is 26.0. The molecule has 3 rings (SSSR count).